The lowest BCUT2D eigenvalue weighted by atomic mass is 9.94. The number of hydrogen-bond acceptors (Lipinski definition) is 8. The Morgan fingerprint density at radius 2 is 2.06 bits per heavy atom. The first-order chi connectivity index (χ1) is 15.6. The van der Waals surface area contributed by atoms with Gasteiger partial charge in [-0.15, -0.1) is 11.8 Å². The number of rotatable bonds is 1. The fourth-order valence-corrected chi connectivity index (χ4v) is 5.95. The minimum Gasteiger partial charge on any atom is -0.507 e. The molecule has 4 aliphatic heterocycles. The van der Waals surface area contributed by atoms with E-state index in [-0.39, 0.29) is 29.6 Å². The largest absolute Gasteiger partial charge is 0.507 e. The fourth-order valence-electron chi connectivity index (χ4n) is 4.88. The molecule has 6 rings (SSSR count). The quantitative estimate of drug-likeness (QED) is 0.683. The van der Waals surface area contributed by atoms with E-state index in [1.807, 2.05) is 24.4 Å². The van der Waals surface area contributed by atoms with Crippen LogP contribution in [0.5, 0.6) is 0 Å². The first kappa shape index (κ1) is 19.8. The van der Waals surface area contributed by atoms with Crippen molar-refractivity contribution in [2.75, 3.05) is 19.8 Å². The monoisotopic (exact) mass is 450 g/mol. The number of fused-ring (bicyclic) bond motifs is 4. The molecule has 2 fully saturated rings. The molecular formula is C23H22N4O4S. The SMILES string of the molecule is O=C1C2=C(O)C(O)C=CN2N(C2c3ccncc3CSc3ccccc32)C2COCCN12. The predicted octanol–water partition coefficient (Wildman–Crippen LogP) is 2.15. The molecule has 4 aliphatic rings. The van der Waals surface area contributed by atoms with E-state index in [1.165, 1.54) is 6.08 Å². The number of thioether (sulfide) groups is 1. The maximum atomic E-state index is 13.4. The number of nitrogens with zero attached hydrogens (tertiary/aromatic N) is 4. The van der Waals surface area contributed by atoms with Crippen LogP contribution < -0.4 is 0 Å². The van der Waals surface area contributed by atoms with Crippen LogP contribution in [0.15, 0.2) is 71.4 Å². The maximum absolute atomic E-state index is 13.4. The summed E-state index contributed by atoms with van der Waals surface area (Å²) in [5.41, 5.74) is 3.41. The van der Waals surface area contributed by atoms with Crippen molar-refractivity contribution in [3.05, 3.63) is 83.1 Å². The van der Waals surface area contributed by atoms with Crippen molar-refractivity contribution in [2.45, 2.75) is 29.0 Å². The minimum atomic E-state index is -1.21. The number of amides is 1. The molecule has 0 spiro atoms. The molecule has 1 amide bonds. The Balaban J connectivity index is 1.59. The highest BCUT2D eigenvalue weighted by atomic mass is 32.2. The van der Waals surface area contributed by atoms with Crippen LogP contribution in [0, 0.1) is 0 Å². The van der Waals surface area contributed by atoms with Gasteiger partial charge in [0.15, 0.2) is 11.5 Å². The molecule has 0 bridgehead atoms. The van der Waals surface area contributed by atoms with Crippen molar-refractivity contribution < 1.29 is 19.7 Å². The Kier molecular flexibility index (Phi) is 4.72. The normalized spacial score (nSPS) is 27.4. The summed E-state index contributed by atoms with van der Waals surface area (Å²) < 4.78 is 5.81. The van der Waals surface area contributed by atoms with Crippen LogP contribution in [0.3, 0.4) is 0 Å². The number of hydrazine groups is 1. The summed E-state index contributed by atoms with van der Waals surface area (Å²) in [4.78, 5) is 20.6. The van der Waals surface area contributed by atoms with Crippen LogP contribution in [0.2, 0.25) is 0 Å². The van der Waals surface area contributed by atoms with Crippen molar-refractivity contribution >= 4 is 17.7 Å². The molecule has 0 radical (unpaired) electrons. The zero-order valence-corrected chi connectivity index (χ0v) is 18.0. The number of pyridine rings is 1. The molecule has 2 N–H and O–H groups in total. The summed E-state index contributed by atoms with van der Waals surface area (Å²) >= 11 is 1.76. The van der Waals surface area contributed by atoms with E-state index in [9.17, 15) is 15.0 Å². The highest BCUT2D eigenvalue weighted by molar-refractivity contribution is 7.98. The Bertz CT molecular complexity index is 1100. The lowest BCUT2D eigenvalue weighted by Gasteiger charge is -2.55. The van der Waals surface area contributed by atoms with Crippen molar-refractivity contribution in [3.8, 4) is 0 Å². The van der Waals surface area contributed by atoms with Gasteiger partial charge in [-0.3, -0.25) is 14.8 Å². The zero-order chi connectivity index (χ0) is 21.8. The Hall–Kier alpha value is -2.85. The fraction of sp³-hybridized carbons (Fsp3) is 0.304. The topological polar surface area (TPSA) is 89.4 Å². The van der Waals surface area contributed by atoms with Gasteiger partial charge in [-0.1, -0.05) is 18.2 Å². The van der Waals surface area contributed by atoms with E-state index in [0.29, 0.717) is 19.8 Å². The molecule has 2 aromatic rings. The lowest BCUT2D eigenvalue weighted by Crippen LogP contribution is -2.67. The summed E-state index contributed by atoms with van der Waals surface area (Å²) in [6.07, 6.45) is 5.27. The van der Waals surface area contributed by atoms with Crippen LogP contribution in [0.4, 0.5) is 0 Å². The third-order valence-corrected chi connectivity index (χ3v) is 7.52. The van der Waals surface area contributed by atoms with E-state index in [1.54, 1.807) is 34.1 Å². The summed E-state index contributed by atoms with van der Waals surface area (Å²) in [6.45, 7) is 1.19. The first-order valence-corrected chi connectivity index (χ1v) is 11.5. The van der Waals surface area contributed by atoms with Crippen LogP contribution in [0.1, 0.15) is 22.7 Å². The smallest absolute Gasteiger partial charge is 0.277 e. The molecule has 32 heavy (non-hydrogen) atoms. The van der Waals surface area contributed by atoms with Crippen LogP contribution >= 0.6 is 11.8 Å². The molecule has 0 aliphatic carbocycles. The third kappa shape index (κ3) is 2.89. The lowest BCUT2D eigenvalue weighted by molar-refractivity contribution is -0.190. The number of benzene rings is 1. The van der Waals surface area contributed by atoms with E-state index < -0.39 is 6.10 Å². The van der Waals surface area contributed by atoms with Gasteiger partial charge in [-0.2, -0.15) is 5.01 Å². The van der Waals surface area contributed by atoms with Gasteiger partial charge in [0.25, 0.3) is 5.91 Å². The highest BCUT2D eigenvalue weighted by Crippen LogP contribution is 2.46. The van der Waals surface area contributed by atoms with Gasteiger partial charge >= 0.3 is 0 Å². The minimum absolute atomic E-state index is 0.0862. The van der Waals surface area contributed by atoms with Crippen molar-refractivity contribution in [2.24, 2.45) is 0 Å². The molecule has 9 heteroatoms. The number of aromatic nitrogens is 1. The molecule has 0 saturated carbocycles. The number of morpholine rings is 1. The zero-order valence-electron chi connectivity index (χ0n) is 17.2. The average molecular weight is 451 g/mol. The Labute approximate surface area is 189 Å². The number of carbonyl (C=O) groups is 1. The second-order valence-corrected chi connectivity index (χ2v) is 9.12. The number of hydrogen-bond donors (Lipinski definition) is 2. The molecule has 3 unspecified atom stereocenters. The van der Waals surface area contributed by atoms with Crippen LogP contribution in [0.25, 0.3) is 0 Å². The first-order valence-electron chi connectivity index (χ1n) is 10.6. The molecule has 1 aromatic heterocycles. The van der Waals surface area contributed by atoms with Crippen molar-refractivity contribution in [3.63, 3.8) is 0 Å². The third-order valence-electron chi connectivity index (χ3n) is 6.38. The average Bonchev–Trinajstić information content (AvgIpc) is 2.99. The second kappa shape index (κ2) is 7.63. The summed E-state index contributed by atoms with van der Waals surface area (Å²) in [6, 6.07) is 10.1. The Morgan fingerprint density at radius 1 is 1.19 bits per heavy atom. The van der Waals surface area contributed by atoms with E-state index in [4.69, 9.17) is 4.74 Å². The molecule has 8 nitrogen and oxygen atoms in total. The predicted molar refractivity (Wildman–Crippen MR) is 117 cm³/mol. The van der Waals surface area contributed by atoms with Gasteiger partial charge in [-0.25, -0.2) is 0 Å². The summed E-state index contributed by atoms with van der Waals surface area (Å²) in [5.74, 6) is 0.150. The van der Waals surface area contributed by atoms with E-state index in [2.05, 4.69) is 22.1 Å². The molecule has 1 aromatic carbocycles. The van der Waals surface area contributed by atoms with Gasteiger partial charge in [0.1, 0.15) is 12.3 Å². The highest BCUT2D eigenvalue weighted by Gasteiger charge is 2.50. The molecular weight excluding hydrogens is 428 g/mol. The maximum Gasteiger partial charge on any atom is 0.277 e. The molecule has 5 heterocycles. The standard InChI is InChI=1S/C23H22N4O4S/c28-17-6-8-26-21(22(17)29)23(30)25-9-10-31-12-19(25)27(26)20-15-5-7-24-11-14(15)13-32-18-4-2-1-3-16(18)20/h1-8,11,17,19-20,28-29H,9-10,12-13H2. The summed E-state index contributed by atoms with van der Waals surface area (Å²) in [7, 11) is 0. The Morgan fingerprint density at radius 3 is 2.97 bits per heavy atom. The molecule has 3 atom stereocenters. The number of ether oxygens (including phenoxy) is 1. The van der Waals surface area contributed by atoms with Crippen molar-refractivity contribution in [1.82, 2.24) is 19.9 Å². The summed E-state index contributed by atoms with van der Waals surface area (Å²) in [5, 5.41) is 24.7. The van der Waals surface area contributed by atoms with E-state index in [0.717, 1.165) is 27.3 Å². The van der Waals surface area contributed by atoms with Gasteiger partial charge in [0.2, 0.25) is 0 Å². The second-order valence-electron chi connectivity index (χ2n) is 8.10. The van der Waals surface area contributed by atoms with Crippen LogP contribution in [-0.4, -0.2) is 68.1 Å². The van der Waals surface area contributed by atoms with Gasteiger partial charge in [0, 0.05) is 35.8 Å². The van der Waals surface area contributed by atoms with Crippen LogP contribution in [-0.2, 0) is 15.3 Å². The number of carbonyl (C=O) groups excluding carboxylic acids is 1. The van der Waals surface area contributed by atoms with Gasteiger partial charge in [0.05, 0.1) is 19.3 Å². The van der Waals surface area contributed by atoms with E-state index >= 15 is 0 Å². The van der Waals surface area contributed by atoms with Gasteiger partial charge < -0.3 is 19.8 Å². The van der Waals surface area contributed by atoms with Crippen molar-refractivity contribution in [1.29, 1.82) is 0 Å². The molecule has 2 saturated heterocycles. The van der Waals surface area contributed by atoms with Gasteiger partial charge in [-0.05, 0) is 34.9 Å². The molecule has 164 valence electrons. The number of aliphatic hydroxyl groups is 2. The number of aliphatic hydroxyl groups excluding tert-OH is 2.